The molecule has 1 aromatic heterocycles. The molecule has 2 N–H and O–H groups in total. The molecule has 2 aromatic carbocycles. The van der Waals surface area contributed by atoms with Crippen molar-refractivity contribution in [1.29, 1.82) is 0 Å². The average Bonchev–Trinajstić information content (AvgIpc) is 2.80. The van der Waals surface area contributed by atoms with Crippen LogP contribution in [0.2, 0.25) is 0 Å². The van der Waals surface area contributed by atoms with Gasteiger partial charge in [-0.15, -0.1) is 0 Å². The van der Waals surface area contributed by atoms with Gasteiger partial charge in [0, 0.05) is 11.3 Å². The van der Waals surface area contributed by atoms with Crippen LogP contribution in [0.1, 0.15) is 0 Å². The lowest BCUT2D eigenvalue weighted by Gasteiger charge is -2.10. The number of nitrogens with two attached hydrogens (primary N) is 1. The van der Waals surface area contributed by atoms with E-state index < -0.39 is 12.7 Å². The van der Waals surface area contributed by atoms with E-state index in [4.69, 9.17) is 5.73 Å². The minimum atomic E-state index is -4.30. The number of aromatic nitrogens is 2. The Bertz CT molecular complexity index is 776. The van der Waals surface area contributed by atoms with Gasteiger partial charge in [-0.1, -0.05) is 30.3 Å². The Morgan fingerprint density at radius 3 is 2.48 bits per heavy atom. The predicted octanol–water partition coefficient (Wildman–Crippen LogP) is 3.85. The largest absolute Gasteiger partial charge is 0.406 e. The lowest BCUT2D eigenvalue weighted by atomic mass is 10.0. The molecule has 0 fully saturated rings. The first-order valence-electron chi connectivity index (χ1n) is 6.30. The van der Waals surface area contributed by atoms with Crippen LogP contribution in [0.25, 0.3) is 22.2 Å². The second-order valence-corrected chi connectivity index (χ2v) is 4.79. The zero-order chi connectivity index (χ0) is 15.0. The number of hydrogen-bond donors (Lipinski definition) is 1. The maximum absolute atomic E-state index is 12.6. The zero-order valence-corrected chi connectivity index (χ0v) is 10.9. The maximum Gasteiger partial charge on any atom is 0.406 e. The number of halogens is 3. The Morgan fingerprint density at radius 2 is 1.81 bits per heavy atom. The SMILES string of the molecule is Nc1cc(-c2ccccc2)c2ncn(CC(F)(F)F)c2c1. The fourth-order valence-electron chi connectivity index (χ4n) is 2.34. The zero-order valence-electron chi connectivity index (χ0n) is 10.9. The number of hydrogen-bond acceptors (Lipinski definition) is 2. The lowest BCUT2D eigenvalue weighted by Crippen LogP contribution is -2.16. The fourth-order valence-corrected chi connectivity index (χ4v) is 2.34. The average molecular weight is 291 g/mol. The predicted molar refractivity (Wildman–Crippen MR) is 75.6 cm³/mol. The number of nitrogen functional groups attached to an aromatic ring is 1. The second-order valence-electron chi connectivity index (χ2n) is 4.79. The number of anilines is 1. The molecular weight excluding hydrogens is 279 g/mol. The van der Waals surface area contributed by atoms with Crippen molar-refractivity contribution < 1.29 is 13.2 Å². The highest BCUT2D eigenvalue weighted by molar-refractivity contribution is 5.94. The van der Waals surface area contributed by atoms with Gasteiger partial charge in [0.1, 0.15) is 6.54 Å². The summed E-state index contributed by atoms with van der Waals surface area (Å²) in [6, 6.07) is 12.6. The normalized spacial score (nSPS) is 12.0. The molecule has 0 aliphatic heterocycles. The van der Waals surface area contributed by atoms with Crippen LogP contribution in [0.5, 0.6) is 0 Å². The Balaban J connectivity index is 2.19. The van der Waals surface area contributed by atoms with E-state index in [1.165, 1.54) is 12.4 Å². The summed E-state index contributed by atoms with van der Waals surface area (Å²) in [6.45, 7) is -1.08. The van der Waals surface area contributed by atoms with Gasteiger partial charge in [-0.3, -0.25) is 0 Å². The molecule has 0 unspecified atom stereocenters. The summed E-state index contributed by atoms with van der Waals surface area (Å²) < 4.78 is 38.8. The summed E-state index contributed by atoms with van der Waals surface area (Å²) >= 11 is 0. The molecule has 0 radical (unpaired) electrons. The molecule has 0 spiro atoms. The van der Waals surface area contributed by atoms with Gasteiger partial charge in [-0.2, -0.15) is 13.2 Å². The van der Waals surface area contributed by atoms with Crippen LogP contribution < -0.4 is 5.73 Å². The Kier molecular flexibility index (Phi) is 3.08. The summed E-state index contributed by atoms with van der Waals surface area (Å²) in [6.07, 6.45) is -3.10. The van der Waals surface area contributed by atoms with Crippen LogP contribution in [0.15, 0.2) is 48.8 Å². The summed E-state index contributed by atoms with van der Waals surface area (Å²) in [5, 5.41) is 0. The van der Waals surface area contributed by atoms with Gasteiger partial charge in [-0.05, 0) is 17.7 Å². The smallest absolute Gasteiger partial charge is 0.399 e. The number of rotatable bonds is 2. The van der Waals surface area contributed by atoms with Gasteiger partial charge in [0.2, 0.25) is 0 Å². The van der Waals surface area contributed by atoms with E-state index in [1.54, 1.807) is 6.07 Å². The topological polar surface area (TPSA) is 43.8 Å². The van der Waals surface area contributed by atoms with E-state index >= 15 is 0 Å². The third-order valence-corrected chi connectivity index (χ3v) is 3.18. The van der Waals surface area contributed by atoms with Crippen molar-refractivity contribution in [2.24, 2.45) is 0 Å². The quantitative estimate of drug-likeness (QED) is 0.729. The first-order chi connectivity index (χ1) is 9.94. The van der Waals surface area contributed by atoms with Crippen molar-refractivity contribution >= 4 is 16.7 Å². The van der Waals surface area contributed by atoms with Crippen LogP contribution in [0.4, 0.5) is 18.9 Å². The Morgan fingerprint density at radius 1 is 1.10 bits per heavy atom. The molecule has 3 aromatic rings. The van der Waals surface area contributed by atoms with E-state index in [2.05, 4.69) is 4.98 Å². The summed E-state index contributed by atoms with van der Waals surface area (Å²) in [5.74, 6) is 0. The second kappa shape index (κ2) is 4.80. The van der Waals surface area contributed by atoms with Crippen molar-refractivity contribution in [3.8, 4) is 11.1 Å². The minimum Gasteiger partial charge on any atom is -0.399 e. The molecule has 0 atom stereocenters. The number of nitrogens with zero attached hydrogens (tertiary/aromatic N) is 2. The Labute approximate surface area is 118 Å². The van der Waals surface area contributed by atoms with E-state index in [0.29, 0.717) is 16.7 Å². The third kappa shape index (κ3) is 2.69. The van der Waals surface area contributed by atoms with Gasteiger partial charge < -0.3 is 10.3 Å². The van der Waals surface area contributed by atoms with Gasteiger partial charge in [-0.25, -0.2) is 4.98 Å². The van der Waals surface area contributed by atoms with Gasteiger partial charge in [0.05, 0.1) is 17.4 Å². The van der Waals surface area contributed by atoms with Crippen LogP contribution in [-0.2, 0) is 6.54 Å². The van der Waals surface area contributed by atoms with Crippen LogP contribution in [0.3, 0.4) is 0 Å². The summed E-state index contributed by atoms with van der Waals surface area (Å²) in [5.41, 5.74) is 8.73. The number of fused-ring (bicyclic) bond motifs is 1. The molecule has 3 rings (SSSR count). The molecule has 108 valence electrons. The third-order valence-electron chi connectivity index (χ3n) is 3.18. The van der Waals surface area contributed by atoms with Crippen molar-refractivity contribution in [2.45, 2.75) is 12.7 Å². The number of imidazole rings is 1. The summed E-state index contributed by atoms with van der Waals surface area (Å²) in [7, 11) is 0. The van der Waals surface area contributed by atoms with E-state index in [9.17, 15) is 13.2 Å². The molecule has 1 heterocycles. The molecule has 21 heavy (non-hydrogen) atoms. The minimum absolute atomic E-state index is 0.381. The molecule has 0 amide bonds. The van der Waals surface area contributed by atoms with Crippen LogP contribution in [-0.4, -0.2) is 15.7 Å². The highest BCUT2D eigenvalue weighted by Gasteiger charge is 2.28. The monoisotopic (exact) mass is 291 g/mol. The molecule has 0 bridgehead atoms. The first kappa shape index (κ1) is 13.5. The molecular formula is C15H12F3N3. The molecule has 6 heteroatoms. The Hall–Kier alpha value is -2.50. The molecule has 3 nitrogen and oxygen atoms in total. The van der Waals surface area contributed by atoms with Crippen molar-refractivity contribution in [2.75, 3.05) is 5.73 Å². The van der Waals surface area contributed by atoms with Gasteiger partial charge >= 0.3 is 6.18 Å². The maximum atomic E-state index is 12.6. The standard InChI is InChI=1S/C15H12F3N3/c16-15(17,18)8-21-9-20-14-12(6-11(19)7-13(14)21)10-4-2-1-3-5-10/h1-7,9H,8,19H2. The number of alkyl halides is 3. The molecule has 0 saturated heterocycles. The van der Waals surface area contributed by atoms with E-state index in [-0.39, 0.29) is 0 Å². The van der Waals surface area contributed by atoms with Crippen LogP contribution >= 0.6 is 0 Å². The van der Waals surface area contributed by atoms with Crippen LogP contribution in [0, 0.1) is 0 Å². The van der Waals surface area contributed by atoms with Crippen molar-refractivity contribution in [3.63, 3.8) is 0 Å². The summed E-state index contributed by atoms with van der Waals surface area (Å²) in [4.78, 5) is 4.13. The lowest BCUT2D eigenvalue weighted by molar-refractivity contribution is -0.139. The van der Waals surface area contributed by atoms with Crippen molar-refractivity contribution in [1.82, 2.24) is 9.55 Å². The van der Waals surface area contributed by atoms with Gasteiger partial charge in [0.25, 0.3) is 0 Å². The highest BCUT2D eigenvalue weighted by atomic mass is 19.4. The first-order valence-corrected chi connectivity index (χ1v) is 6.30. The molecule has 0 aliphatic rings. The number of benzene rings is 2. The van der Waals surface area contributed by atoms with Crippen molar-refractivity contribution in [3.05, 3.63) is 48.8 Å². The fraction of sp³-hybridized carbons (Fsp3) is 0.133. The van der Waals surface area contributed by atoms with E-state index in [0.717, 1.165) is 15.7 Å². The van der Waals surface area contributed by atoms with E-state index in [1.807, 2.05) is 30.3 Å². The molecule has 0 aliphatic carbocycles. The molecule has 0 saturated carbocycles. The van der Waals surface area contributed by atoms with Gasteiger partial charge in [0.15, 0.2) is 0 Å². The highest BCUT2D eigenvalue weighted by Crippen LogP contribution is 2.31.